The van der Waals surface area contributed by atoms with Crippen LogP contribution in [0.5, 0.6) is 0 Å². The minimum Gasteiger partial charge on any atom is -0.870 e. The van der Waals surface area contributed by atoms with Crippen LogP contribution in [0.1, 0.15) is 117 Å². The zero-order chi connectivity index (χ0) is 59.1. The summed E-state index contributed by atoms with van der Waals surface area (Å²) in [6, 6.07) is 53.2. The monoisotopic (exact) mass is 1210 g/mol. The number of benzene rings is 6. The molecule has 3 atom stereocenters. The topological polar surface area (TPSA) is 161 Å². The molecule has 3 saturated heterocycles. The molecule has 0 aromatic heterocycles. The van der Waals surface area contributed by atoms with E-state index >= 15 is 0 Å². The molecule has 85 heavy (non-hydrogen) atoms. The summed E-state index contributed by atoms with van der Waals surface area (Å²) in [5.41, 5.74) is 6.03. The molecule has 0 aliphatic carbocycles. The van der Waals surface area contributed by atoms with Gasteiger partial charge in [0.15, 0.2) is 0 Å². The van der Waals surface area contributed by atoms with E-state index in [1.54, 1.807) is 12.1 Å². The van der Waals surface area contributed by atoms with Gasteiger partial charge in [-0.25, -0.2) is 0 Å². The number of hydrogen-bond acceptors (Lipinski definition) is 9. The summed E-state index contributed by atoms with van der Waals surface area (Å²) >= 11 is 17.8. The van der Waals surface area contributed by atoms with Gasteiger partial charge in [-0.05, 0) is 134 Å². The van der Waals surface area contributed by atoms with Crippen molar-refractivity contribution in [3.63, 3.8) is 0 Å². The normalized spacial score (nSPS) is 19.0. The molecule has 3 aliphatic rings. The summed E-state index contributed by atoms with van der Waals surface area (Å²) in [6.45, 7) is 4.27. The Bertz CT molecular complexity index is 2890. The van der Waals surface area contributed by atoms with E-state index in [9.17, 15) is 28.8 Å². The number of aldehydes is 1. The molecule has 1 N–H and O–H groups in total. The van der Waals surface area contributed by atoms with Gasteiger partial charge in [0.1, 0.15) is 6.29 Å². The molecule has 3 amide bonds. The maximum Gasteiger partial charge on any atom is 1.00 e. The number of carbonyl (C=O) groups excluding carboxylic acids is 6. The summed E-state index contributed by atoms with van der Waals surface area (Å²) in [6.07, 6.45) is 12.4. The van der Waals surface area contributed by atoms with E-state index < -0.39 is 0 Å². The second-order valence-electron chi connectivity index (χ2n) is 22.3. The number of likely N-dealkylation sites (tertiary alicyclic amines) is 3. The number of carbonyl (C=O) groups is 6. The summed E-state index contributed by atoms with van der Waals surface area (Å²) < 4.78 is 9.60. The van der Waals surface area contributed by atoms with Crippen molar-refractivity contribution in [1.29, 1.82) is 0 Å². The molecule has 0 spiro atoms. The number of rotatable bonds is 19. The van der Waals surface area contributed by atoms with E-state index in [4.69, 9.17) is 44.3 Å². The minimum atomic E-state index is -0.267. The van der Waals surface area contributed by atoms with Crippen LogP contribution < -0.4 is 18.9 Å². The van der Waals surface area contributed by atoms with Gasteiger partial charge in [-0.3, -0.25) is 24.0 Å². The molecule has 9 rings (SSSR count). The average Bonchev–Trinajstić information content (AvgIpc) is 3.65. The summed E-state index contributed by atoms with van der Waals surface area (Å²) in [4.78, 5) is 79.2. The van der Waals surface area contributed by atoms with Crippen molar-refractivity contribution in [1.82, 2.24) is 14.7 Å². The smallest absolute Gasteiger partial charge is 0.870 e. The van der Waals surface area contributed by atoms with Crippen LogP contribution in [-0.2, 0) is 73.7 Å². The van der Waals surface area contributed by atoms with Gasteiger partial charge in [-0.2, -0.15) is 0 Å². The Morgan fingerprint density at radius 2 is 0.729 bits per heavy atom. The van der Waals surface area contributed by atoms with Crippen molar-refractivity contribution in [3.05, 3.63) is 212 Å². The number of ether oxygens (including phenoxy) is 2. The van der Waals surface area contributed by atoms with Gasteiger partial charge in [-0.15, -0.1) is 0 Å². The molecule has 16 heteroatoms. The average molecular weight is 1210 g/mol. The quantitative estimate of drug-likeness (QED) is 0.0437. The molecule has 0 saturated carbocycles. The van der Waals surface area contributed by atoms with E-state index in [0.717, 1.165) is 112 Å². The minimum absolute atomic E-state index is 0. The second kappa shape index (κ2) is 34.8. The van der Waals surface area contributed by atoms with Crippen molar-refractivity contribution in [2.24, 2.45) is 0 Å². The van der Waals surface area contributed by atoms with E-state index in [-0.39, 0.29) is 70.2 Å². The van der Waals surface area contributed by atoms with Gasteiger partial charge in [0.05, 0.1) is 33.5 Å². The Morgan fingerprint density at radius 3 is 1.02 bits per heavy atom. The fourth-order valence-corrected chi connectivity index (χ4v) is 12.6. The van der Waals surface area contributed by atoms with E-state index in [1.807, 2.05) is 130 Å². The first-order valence-electron chi connectivity index (χ1n) is 29.0. The SMILES string of the molecule is COC(=O)CCCC1(c2ccccc2)CCCN(C(=O)Cc2ccc(Cl)cc2)C1.COC(=O)CCCC1(c2ccccc2)CCCN(C(=O)Cc2ccc(Cl)cc2)C1.O=CCC1(c2ccccc2)CCCN(C(=O)Cc2ccc(Cl)cc2)C1.[Li+].[OH-]. The Morgan fingerprint density at radius 1 is 0.447 bits per heavy atom. The van der Waals surface area contributed by atoms with Crippen LogP contribution in [-0.4, -0.2) is 110 Å². The zero-order valence-corrected chi connectivity index (χ0v) is 51.7. The first-order chi connectivity index (χ1) is 40.2. The van der Waals surface area contributed by atoms with Crippen LogP contribution in [0.2, 0.25) is 15.1 Å². The standard InChI is InChI=1S/2C24H28ClNO3.C21H22ClNO2.Li.H2O/c2*1-29-23(28)9-5-14-24(20-7-3-2-4-8-20)15-6-16-26(18-24)22(27)17-19-10-12-21(25)13-11-19;22-19-9-7-17(8-10-19)15-20(25)23-13-4-11-21(16-23,12-14-24)18-5-2-1-3-6-18;;/h2*2-4,7-8,10-13H,5-6,9,14-18H2,1H3;1-3,5-10,14H,4,11-13,15-16H2;;1H2/q;;;+1;/p-1. The molecule has 0 radical (unpaired) electrons. The molecule has 12 nitrogen and oxygen atoms in total. The fraction of sp³-hybridized carbons (Fsp3) is 0.391. The van der Waals surface area contributed by atoms with Crippen molar-refractivity contribution in [3.8, 4) is 0 Å². The maximum absolute atomic E-state index is 13.0. The van der Waals surface area contributed by atoms with Gasteiger partial charge in [-0.1, -0.05) is 162 Å². The van der Waals surface area contributed by atoms with Gasteiger partial charge in [0.2, 0.25) is 17.7 Å². The predicted molar refractivity (Wildman–Crippen MR) is 332 cm³/mol. The molecule has 3 fully saturated rings. The van der Waals surface area contributed by atoms with Crippen LogP contribution in [0.15, 0.2) is 164 Å². The fourth-order valence-electron chi connectivity index (χ4n) is 12.3. The zero-order valence-electron chi connectivity index (χ0n) is 49.4. The van der Waals surface area contributed by atoms with Crippen LogP contribution in [0.3, 0.4) is 0 Å². The molecule has 3 aliphatic heterocycles. The molecule has 6 aromatic carbocycles. The molecule has 3 heterocycles. The molecular weight excluding hydrogens is 1130 g/mol. The van der Waals surface area contributed by atoms with Crippen molar-refractivity contribution >= 4 is 70.7 Å². The van der Waals surface area contributed by atoms with Gasteiger partial charge < -0.3 is 34.4 Å². The molecule has 6 aromatic rings. The number of halogens is 3. The van der Waals surface area contributed by atoms with Crippen LogP contribution >= 0.6 is 34.8 Å². The number of hydrogen-bond donors (Lipinski definition) is 0. The summed E-state index contributed by atoms with van der Waals surface area (Å²) in [7, 11) is 2.85. The number of methoxy groups -OCH3 is 2. The number of amides is 3. The number of piperidine rings is 3. The summed E-state index contributed by atoms with van der Waals surface area (Å²) in [5, 5.41) is 2.02. The molecule has 3 unspecified atom stereocenters. The van der Waals surface area contributed by atoms with Crippen molar-refractivity contribution < 1.29 is 62.6 Å². The Hall–Kier alpha value is -6.23. The Kier molecular flexibility index (Phi) is 28.5. The third kappa shape index (κ3) is 20.4. The third-order valence-corrected chi connectivity index (χ3v) is 17.5. The van der Waals surface area contributed by atoms with Gasteiger partial charge >= 0.3 is 30.8 Å². The molecule has 446 valence electrons. The van der Waals surface area contributed by atoms with Gasteiger partial charge in [0.25, 0.3) is 0 Å². The summed E-state index contributed by atoms with van der Waals surface area (Å²) in [5.74, 6) is 0.0215. The maximum atomic E-state index is 13.0. The van der Waals surface area contributed by atoms with Gasteiger partial charge in [0, 0.05) is 89.8 Å². The van der Waals surface area contributed by atoms with E-state index in [2.05, 4.69) is 36.4 Å². The molecular formula is C69H79Cl3LiN3O9. The van der Waals surface area contributed by atoms with Crippen molar-refractivity contribution in [2.75, 3.05) is 53.5 Å². The Balaban J connectivity index is 0.000000231. The first-order valence-corrected chi connectivity index (χ1v) is 30.1. The molecule has 0 bridgehead atoms. The third-order valence-electron chi connectivity index (χ3n) is 16.8. The van der Waals surface area contributed by atoms with Crippen LogP contribution in [0.4, 0.5) is 0 Å². The second-order valence-corrected chi connectivity index (χ2v) is 23.6. The van der Waals surface area contributed by atoms with E-state index in [0.29, 0.717) is 73.2 Å². The number of esters is 2. The van der Waals surface area contributed by atoms with Crippen LogP contribution in [0.25, 0.3) is 0 Å². The Labute approximate surface area is 529 Å². The van der Waals surface area contributed by atoms with E-state index in [1.165, 1.54) is 25.3 Å². The largest absolute Gasteiger partial charge is 1.00 e. The first kappa shape index (κ1) is 69.5. The number of nitrogens with zero attached hydrogens (tertiary/aromatic N) is 3. The predicted octanol–water partition coefficient (Wildman–Crippen LogP) is 10.4. The van der Waals surface area contributed by atoms with Crippen LogP contribution in [0, 0.1) is 0 Å². The van der Waals surface area contributed by atoms with Crippen molar-refractivity contribution in [2.45, 2.75) is 119 Å².